The van der Waals surface area contributed by atoms with Crippen molar-refractivity contribution in [2.75, 3.05) is 43.2 Å². The Morgan fingerprint density at radius 1 is 1.04 bits per heavy atom. The van der Waals surface area contributed by atoms with E-state index in [0.717, 1.165) is 44.8 Å². The molecule has 11 nitrogen and oxygen atoms in total. The fraction of sp³-hybridized carbons (Fsp3) is 0.364. The SMILES string of the molecule is COc1ccc([Si](C)(C)[C@H]2[C@H](CCn3cc(C(CO)c4ccccc4)nn3)O[C@@]3(C(=O)N(Cc4cccc(N5CCNCC5=O)c4)c4ccc(Br)cc43)[C@@H]2C)cc1. The van der Waals surface area contributed by atoms with Gasteiger partial charge in [-0.1, -0.05) is 101 Å². The Morgan fingerprint density at radius 3 is 2.56 bits per heavy atom. The highest BCUT2D eigenvalue weighted by atomic mass is 79.9. The van der Waals surface area contributed by atoms with Gasteiger partial charge >= 0.3 is 0 Å². The largest absolute Gasteiger partial charge is 0.497 e. The second kappa shape index (κ2) is 15.9. The van der Waals surface area contributed by atoms with Gasteiger partial charge in [0.1, 0.15) is 5.75 Å². The minimum Gasteiger partial charge on any atom is -0.497 e. The molecule has 2 fully saturated rings. The first kappa shape index (κ1) is 39.2. The van der Waals surface area contributed by atoms with Crippen LogP contribution in [0.2, 0.25) is 18.6 Å². The number of nitrogens with zero attached hydrogens (tertiary/aromatic N) is 5. The number of aryl methyl sites for hydroxylation is 1. The number of hydrogen-bond donors (Lipinski definition) is 2. The van der Waals surface area contributed by atoms with Crippen molar-refractivity contribution in [3.05, 3.63) is 130 Å². The average Bonchev–Trinajstić information content (AvgIpc) is 3.88. The van der Waals surface area contributed by atoms with Crippen molar-refractivity contribution < 1.29 is 24.2 Å². The summed E-state index contributed by atoms with van der Waals surface area (Å²) >= 11 is 3.73. The molecule has 1 aromatic heterocycles. The van der Waals surface area contributed by atoms with E-state index < -0.39 is 13.7 Å². The van der Waals surface area contributed by atoms with Gasteiger partial charge in [0.05, 0.1) is 58.3 Å². The molecule has 1 unspecified atom stereocenters. The highest BCUT2D eigenvalue weighted by Gasteiger charge is 2.66. The molecule has 2 saturated heterocycles. The van der Waals surface area contributed by atoms with E-state index in [1.54, 1.807) is 7.11 Å². The van der Waals surface area contributed by atoms with Crippen LogP contribution in [0.5, 0.6) is 5.75 Å². The number of benzene rings is 4. The number of ether oxygens (including phenoxy) is 2. The number of carbonyl (C=O) groups is 2. The summed E-state index contributed by atoms with van der Waals surface area (Å²) in [4.78, 5) is 31.8. The molecule has 5 atom stereocenters. The first-order valence-electron chi connectivity index (χ1n) is 19.7. The Balaban J connectivity index is 1.14. The van der Waals surface area contributed by atoms with Crippen LogP contribution in [-0.2, 0) is 33.0 Å². The average molecular weight is 850 g/mol. The lowest BCUT2D eigenvalue weighted by Gasteiger charge is -2.37. The number of aliphatic hydroxyl groups excluding tert-OH is 1. The fourth-order valence-electron chi connectivity index (χ4n) is 9.49. The van der Waals surface area contributed by atoms with Crippen molar-refractivity contribution in [1.29, 1.82) is 0 Å². The topological polar surface area (TPSA) is 122 Å². The second-order valence-electron chi connectivity index (χ2n) is 15.9. The van der Waals surface area contributed by atoms with Crippen molar-refractivity contribution in [3.8, 4) is 5.75 Å². The minimum absolute atomic E-state index is 0.0326. The molecule has 2 amide bonds. The van der Waals surface area contributed by atoms with Crippen LogP contribution in [0.15, 0.2) is 108 Å². The molecule has 0 aliphatic carbocycles. The number of aliphatic hydroxyl groups is 1. The van der Waals surface area contributed by atoms with Crippen molar-refractivity contribution >= 4 is 52.4 Å². The van der Waals surface area contributed by atoms with Crippen LogP contribution in [-0.4, -0.2) is 79.4 Å². The van der Waals surface area contributed by atoms with Gasteiger partial charge in [0.15, 0.2) is 5.60 Å². The van der Waals surface area contributed by atoms with Gasteiger partial charge in [-0.05, 0) is 65.6 Å². The number of methoxy groups -OCH3 is 1. The highest BCUT2D eigenvalue weighted by Crippen LogP contribution is 2.60. The van der Waals surface area contributed by atoms with E-state index in [9.17, 15) is 9.90 Å². The number of hydrogen-bond acceptors (Lipinski definition) is 8. The van der Waals surface area contributed by atoms with Gasteiger partial charge in [0, 0.05) is 47.5 Å². The molecule has 3 aliphatic heterocycles. The highest BCUT2D eigenvalue weighted by molar-refractivity contribution is 9.10. The Bertz CT molecular complexity index is 2250. The molecule has 1 spiro atoms. The molecule has 296 valence electrons. The number of anilines is 2. The Hall–Kier alpha value is -4.66. The first-order chi connectivity index (χ1) is 27.5. The van der Waals surface area contributed by atoms with E-state index in [1.807, 2.05) is 99.5 Å². The normalized spacial score (nSPS) is 22.7. The van der Waals surface area contributed by atoms with Gasteiger partial charge in [-0.15, -0.1) is 5.10 Å². The summed E-state index contributed by atoms with van der Waals surface area (Å²) in [5.74, 6) is 0.303. The zero-order valence-corrected chi connectivity index (χ0v) is 35.4. The molecule has 4 heterocycles. The maximum atomic E-state index is 15.4. The van der Waals surface area contributed by atoms with Crippen LogP contribution in [0.25, 0.3) is 0 Å². The van der Waals surface area contributed by atoms with E-state index in [-0.39, 0.29) is 41.9 Å². The Labute approximate surface area is 343 Å². The minimum atomic E-state index is -2.38. The number of piperazine rings is 1. The number of fused-ring (bicyclic) bond motifs is 2. The number of rotatable bonds is 12. The van der Waals surface area contributed by atoms with Crippen molar-refractivity contribution in [3.63, 3.8) is 0 Å². The van der Waals surface area contributed by atoms with Gasteiger partial charge in [-0.2, -0.15) is 0 Å². The number of carbonyl (C=O) groups excluding carboxylic acids is 2. The Morgan fingerprint density at radius 2 is 1.82 bits per heavy atom. The summed E-state index contributed by atoms with van der Waals surface area (Å²) in [6.07, 6.45) is 2.25. The third-order valence-corrected chi connectivity index (χ3v) is 17.2. The summed E-state index contributed by atoms with van der Waals surface area (Å²) in [5.41, 5.74) is 3.97. The van der Waals surface area contributed by atoms with Crippen molar-refractivity contribution in [1.82, 2.24) is 20.3 Å². The van der Waals surface area contributed by atoms with Crippen LogP contribution < -0.4 is 25.0 Å². The number of amides is 2. The van der Waals surface area contributed by atoms with E-state index >= 15 is 4.79 Å². The third-order valence-electron chi connectivity index (χ3n) is 12.4. The number of halogens is 1. The lowest BCUT2D eigenvalue weighted by atomic mass is 9.82. The summed E-state index contributed by atoms with van der Waals surface area (Å²) in [5, 5.41) is 23.7. The monoisotopic (exact) mass is 848 g/mol. The Kier molecular flexibility index (Phi) is 11.0. The summed E-state index contributed by atoms with van der Waals surface area (Å²) in [6, 6.07) is 32.3. The predicted molar refractivity (Wildman–Crippen MR) is 227 cm³/mol. The van der Waals surface area contributed by atoms with Crippen LogP contribution in [0, 0.1) is 5.92 Å². The molecule has 4 aromatic carbocycles. The molecule has 13 heteroatoms. The molecule has 0 bridgehead atoms. The zero-order valence-electron chi connectivity index (χ0n) is 32.8. The van der Waals surface area contributed by atoms with Gasteiger partial charge in [0.2, 0.25) is 5.91 Å². The summed E-state index contributed by atoms with van der Waals surface area (Å²) < 4.78 is 15.6. The molecule has 2 N–H and O–H groups in total. The van der Waals surface area contributed by atoms with E-state index in [1.165, 1.54) is 5.19 Å². The lowest BCUT2D eigenvalue weighted by Crippen LogP contribution is -2.51. The zero-order chi connectivity index (χ0) is 39.9. The van der Waals surface area contributed by atoms with Crippen molar-refractivity contribution in [2.45, 2.75) is 62.7 Å². The van der Waals surface area contributed by atoms with Crippen LogP contribution in [0.4, 0.5) is 11.4 Å². The molecule has 0 saturated carbocycles. The smallest absolute Gasteiger partial charge is 0.264 e. The van der Waals surface area contributed by atoms with Gasteiger partial charge in [-0.25, -0.2) is 0 Å². The number of nitrogens with one attached hydrogen (secondary N) is 1. The molecule has 0 radical (unpaired) electrons. The van der Waals surface area contributed by atoms with Crippen molar-refractivity contribution in [2.24, 2.45) is 5.92 Å². The van der Waals surface area contributed by atoms with Crippen LogP contribution in [0.3, 0.4) is 0 Å². The predicted octanol–water partition coefficient (Wildman–Crippen LogP) is 5.96. The molecule has 5 aromatic rings. The lowest BCUT2D eigenvalue weighted by molar-refractivity contribution is -0.146. The van der Waals surface area contributed by atoms with E-state index in [4.69, 9.17) is 9.47 Å². The summed E-state index contributed by atoms with van der Waals surface area (Å²) in [6.45, 7) is 9.38. The summed E-state index contributed by atoms with van der Waals surface area (Å²) in [7, 11) is -0.703. The molecule has 57 heavy (non-hydrogen) atoms. The van der Waals surface area contributed by atoms with Crippen LogP contribution >= 0.6 is 15.9 Å². The van der Waals surface area contributed by atoms with Gasteiger partial charge < -0.3 is 29.7 Å². The fourth-order valence-corrected chi connectivity index (χ4v) is 13.9. The number of aromatic nitrogens is 3. The van der Waals surface area contributed by atoms with E-state index in [2.05, 4.69) is 69.8 Å². The quantitative estimate of drug-likeness (QED) is 0.148. The molecular formula is C44H49BrN6O5Si. The molecule has 8 rings (SSSR count). The molecular weight excluding hydrogens is 801 g/mol. The second-order valence-corrected chi connectivity index (χ2v) is 21.5. The first-order valence-corrected chi connectivity index (χ1v) is 23.5. The van der Waals surface area contributed by atoms with Gasteiger partial charge in [0.25, 0.3) is 5.91 Å². The third kappa shape index (κ3) is 7.14. The molecule has 3 aliphatic rings. The van der Waals surface area contributed by atoms with Gasteiger partial charge in [-0.3, -0.25) is 14.3 Å². The van der Waals surface area contributed by atoms with E-state index in [0.29, 0.717) is 38.3 Å². The maximum Gasteiger partial charge on any atom is 0.264 e. The van der Waals surface area contributed by atoms with Crippen LogP contribution in [0.1, 0.15) is 41.6 Å². The maximum absolute atomic E-state index is 15.4. The standard InChI is InChI=1S/C44H49BrN6O5Si/c1-29-42(57(3,4)35-16-14-34(55-2)15-17-35)40(19-21-49-27-38(47-48-49)36(28-52)31-10-6-5-7-11-31)56-44(29)37-24-32(45)13-18-39(37)51(43(44)54)26-30-9-8-12-33(23-30)50-22-20-46-25-41(50)53/h5-18,23-24,27,29,36,40,42,46,52H,19-22,25-26,28H2,1-4H3/t29-,36?,40+,42-,44+/m1/s1.